The van der Waals surface area contributed by atoms with Gasteiger partial charge < -0.3 is 19.7 Å². The summed E-state index contributed by atoms with van der Waals surface area (Å²) in [5.74, 6) is -0.0903. The third-order valence-corrected chi connectivity index (χ3v) is 7.06. The Hall–Kier alpha value is -2.48. The van der Waals surface area contributed by atoms with Crippen LogP contribution in [0.3, 0.4) is 0 Å². The predicted octanol–water partition coefficient (Wildman–Crippen LogP) is 3.31. The Balaban J connectivity index is 1.62. The second-order valence-corrected chi connectivity index (χ2v) is 8.85. The Kier molecular flexibility index (Phi) is 6.55. The quantitative estimate of drug-likeness (QED) is 0.671. The van der Waals surface area contributed by atoms with Gasteiger partial charge in [0.05, 0.1) is 24.3 Å². The summed E-state index contributed by atoms with van der Waals surface area (Å²) in [6, 6.07) is 9.84. The van der Waals surface area contributed by atoms with Gasteiger partial charge in [0.15, 0.2) is 0 Å². The van der Waals surface area contributed by atoms with Crippen molar-refractivity contribution in [2.75, 3.05) is 33.4 Å². The molecule has 1 saturated heterocycles. The fourth-order valence-electron chi connectivity index (χ4n) is 5.02. The maximum Gasteiger partial charge on any atom is 0.254 e. The standard InChI is InChI=1S/C24H28N2O4S/c1-3-13-30-22-21(25-20(27)15-29-2)18-6-4-5-7-19(18)24(22)9-11-26(12-10-24)23(28)17-8-14-31-16-17/h3-8,14,16,21-22H,1,9-13,15H2,2H3,(H,25,27)/t21-,22+/m0/s1. The second kappa shape index (κ2) is 9.34. The largest absolute Gasteiger partial charge is 0.375 e. The molecule has 1 fully saturated rings. The van der Waals surface area contributed by atoms with E-state index in [2.05, 4.69) is 24.0 Å². The molecule has 2 atom stereocenters. The molecular weight excluding hydrogens is 412 g/mol. The van der Waals surface area contributed by atoms with Gasteiger partial charge in [-0.2, -0.15) is 11.3 Å². The van der Waals surface area contributed by atoms with Gasteiger partial charge in [-0.3, -0.25) is 9.59 Å². The molecule has 4 rings (SSSR count). The first-order valence-electron chi connectivity index (χ1n) is 10.5. The molecule has 0 bridgehead atoms. The number of nitrogens with zero attached hydrogens (tertiary/aromatic N) is 1. The molecule has 1 aliphatic heterocycles. The summed E-state index contributed by atoms with van der Waals surface area (Å²) in [6.07, 6.45) is 3.05. The first kappa shape index (κ1) is 21.7. The van der Waals surface area contributed by atoms with E-state index in [1.165, 1.54) is 24.0 Å². The summed E-state index contributed by atoms with van der Waals surface area (Å²) >= 11 is 1.53. The van der Waals surface area contributed by atoms with E-state index >= 15 is 0 Å². The Labute approximate surface area is 186 Å². The maximum atomic E-state index is 12.9. The van der Waals surface area contributed by atoms with Crippen LogP contribution in [0.15, 0.2) is 53.7 Å². The van der Waals surface area contributed by atoms with Crippen LogP contribution < -0.4 is 5.32 Å². The molecule has 7 heteroatoms. The van der Waals surface area contributed by atoms with Crippen molar-refractivity contribution in [3.8, 4) is 0 Å². The zero-order valence-electron chi connectivity index (χ0n) is 17.7. The van der Waals surface area contributed by atoms with Crippen LogP contribution in [0, 0.1) is 0 Å². The van der Waals surface area contributed by atoms with Crippen molar-refractivity contribution >= 4 is 23.2 Å². The van der Waals surface area contributed by atoms with Crippen molar-refractivity contribution in [3.63, 3.8) is 0 Å². The topological polar surface area (TPSA) is 67.9 Å². The zero-order valence-corrected chi connectivity index (χ0v) is 18.5. The highest BCUT2D eigenvalue weighted by Crippen LogP contribution is 2.52. The molecular formula is C24H28N2O4S. The van der Waals surface area contributed by atoms with E-state index in [4.69, 9.17) is 9.47 Å². The number of hydrogen-bond donors (Lipinski definition) is 1. The Morgan fingerprint density at radius 1 is 1.29 bits per heavy atom. The number of carbonyl (C=O) groups excluding carboxylic acids is 2. The van der Waals surface area contributed by atoms with Crippen LogP contribution in [0.2, 0.25) is 0 Å². The number of methoxy groups -OCH3 is 1. The number of likely N-dealkylation sites (tertiary alicyclic amines) is 1. The SMILES string of the molecule is C=CCO[C@@H]1[C@@H](NC(=O)COC)c2ccccc2C12CCN(C(=O)c1ccsc1)CC2. The van der Waals surface area contributed by atoms with E-state index < -0.39 is 0 Å². The van der Waals surface area contributed by atoms with Crippen LogP contribution in [0.1, 0.15) is 40.4 Å². The van der Waals surface area contributed by atoms with Crippen molar-refractivity contribution in [1.29, 1.82) is 0 Å². The number of benzene rings is 1. The molecule has 164 valence electrons. The van der Waals surface area contributed by atoms with Crippen molar-refractivity contribution < 1.29 is 19.1 Å². The fraction of sp³-hybridized carbons (Fsp3) is 0.417. The lowest BCUT2D eigenvalue weighted by Gasteiger charge is -2.44. The smallest absolute Gasteiger partial charge is 0.254 e. The number of piperidine rings is 1. The van der Waals surface area contributed by atoms with Crippen molar-refractivity contribution in [3.05, 3.63) is 70.4 Å². The second-order valence-electron chi connectivity index (χ2n) is 8.07. The summed E-state index contributed by atoms with van der Waals surface area (Å²) in [5.41, 5.74) is 2.76. The number of fused-ring (bicyclic) bond motifs is 2. The van der Waals surface area contributed by atoms with E-state index in [1.807, 2.05) is 33.9 Å². The molecule has 2 heterocycles. The van der Waals surface area contributed by atoms with Crippen molar-refractivity contribution in [2.45, 2.75) is 30.4 Å². The molecule has 0 unspecified atom stereocenters. The first-order valence-corrected chi connectivity index (χ1v) is 11.5. The van der Waals surface area contributed by atoms with Gasteiger partial charge in [0, 0.05) is 31.0 Å². The van der Waals surface area contributed by atoms with E-state index in [9.17, 15) is 9.59 Å². The number of carbonyl (C=O) groups is 2. The average molecular weight is 441 g/mol. The molecule has 2 aliphatic rings. The van der Waals surface area contributed by atoms with Crippen LogP contribution in [0.4, 0.5) is 0 Å². The molecule has 1 aromatic carbocycles. The summed E-state index contributed by atoms with van der Waals surface area (Å²) in [4.78, 5) is 27.2. The monoisotopic (exact) mass is 440 g/mol. The van der Waals surface area contributed by atoms with Gasteiger partial charge in [0.2, 0.25) is 5.91 Å². The number of nitrogens with one attached hydrogen (secondary N) is 1. The van der Waals surface area contributed by atoms with Gasteiger partial charge in [0.1, 0.15) is 6.61 Å². The molecule has 0 saturated carbocycles. The molecule has 1 aliphatic carbocycles. The molecule has 2 aromatic rings. The molecule has 1 aromatic heterocycles. The molecule has 31 heavy (non-hydrogen) atoms. The summed E-state index contributed by atoms with van der Waals surface area (Å²) in [5, 5.41) is 6.95. The fourth-order valence-corrected chi connectivity index (χ4v) is 5.65. The lowest BCUT2D eigenvalue weighted by molar-refractivity contribution is -0.127. The first-order chi connectivity index (χ1) is 15.1. The lowest BCUT2D eigenvalue weighted by atomic mass is 9.71. The van der Waals surface area contributed by atoms with Crippen LogP contribution in [-0.4, -0.2) is 56.2 Å². The molecule has 1 spiro atoms. The van der Waals surface area contributed by atoms with Gasteiger partial charge >= 0.3 is 0 Å². The number of hydrogen-bond acceptors (Lipinski definition) is 5. The number of amides is 2. The van der Waals surface area contributed by atoms with Crippen molar-refractivity contribution in [1.82, 2.24) is 10.2 Å². The zero-order chi connectivity index (χ0) is 21.8. The highest BCUT2D eigenvalue weighted by Gasteiger charge is 2.54. The van der Waals surface area contributed by atoms with E-state index in [0.29, 0.717) is 19.7 Å². The minimum absolute atomic E-state index is 0.00274. The third-order valence-electron chi connectivity index (χ3n) is 6.38. The molecule has 1 N–H and O–H groups in total. The third kappa shape index (κ3) is 4.05. The summed E-state index contributed by atoms with van der Waals surface area (Å²) in [6.45, 7) is 5.50. The average Bonchev–Trinajstić information content (AvgIpc) is 3.40. The number of ether oxygens (including phenoxy) is 2. The van der Waals surface area contributed by atoms with Crippen LogP contribution in [0.25, 0.3) is 0 Å². The van der Waals surface area contributed by atoms with Gasteiger partial charge in [-0.25, -0.2) is 0 Å². The van der Waals surface area contributed by atoms with Gasteiger partial charge in [-0.15, -0.1) is 6.58 Å². The van der Waals surface area contributed by atoms with Crippen LogP contribution in [-0.2, 0) is 19.7 Å². The van der Waals surface area contributed by atoms with Gasteiger partial charge in [-0.05, 0) is 35.4 Å². The molecule has 0 radical (unpaired) electrons. The normalized spacial score (nSPS) is 21.6. The van der Waals surface area contributed by atoms with Crippen LogP contribution in [0.5, 0.6) is 0 Å². The van der Waals surface area contributed by atoms with Crippen molar-refractivity contribution in [2.24, 2.45) is 0 Å². The minimum Gasteiger partial charge on any atom is -0.375 e. The predicted molar refractivity (Wildman–Crippen MR) is 120 cm³/mol. The summed E-state index contributed by atoms with van der Waals surface area (Å²) in [7, 11) is 1.51. The molecule has 6 nitrogen and oxygen atoms in total. The maximum absolute atomic E-state index is 12.9. The van der Waals surface area contributed by atoms with Crippen LogP contribution >= 0.6 is 11.3 Å². The minimum atomic E-state index is -0.268. The van der Waals surface area contributed by atoms with E-state index in [1.54, 1.807) is 6.08 Å². The van der Waals surface area contributed by atoms with E-state index in [-0.39, 0.29) is 36.0 Å². The number of rotatable bonds is 7. The van der Waals surface area contributed by atoms with Gasteiger partial charge in [0.25, 0.3) is 5.91 Å². The van der Waals surface area contributed by atoms with E-state index in [0.717, 1.165) is 24.0 Å². The highest BCUT2D eigenvalue weighted by molar-refractivity contribution is 7.08. The van der Waals surface area contributed by atoms with Gasteiger partial charge in [-0.1, -0.05) is 30.3 Å². The number of thiophene rings is 1. The summed E-state index contributed by atoms with van der Waals surface area (Å²) < 4.78 is 11.3. The highest BCUT2D eigenvalue weighted by atomic mass is 32.1. The Morgan fingerprint density at radius 2 is 2.06 bits per heavy atom. The Bertz CT molecular complexity index is 935. The molecule has 2 amide bonds. The Morgan fingerprint density at radius 3 is 2.74 bits per heavy atom. The lowest BCUT2D eigenvalue weighted by Crippen LogP contribution is -2.52.